The van der Waals surface area contributed by atoms with E-state index in [2.05, 4.69) is 15.6 Å². The van der Waals surface area contributed by atoms with Crippen molar-refractivity contribution >= 4 is 28.4 Å². The molecule has 0 saturated heterocycles. The molecule has 0 spiro atoms. The summed E-state index contributed by atoms with van der Waals surface area (Å²) in [4.78, 5) is 38.7. The van der Waals surface area contributed by atoms with Gasteiger partial charge in [-0.05, 0) is 30.7 Å². The highest BCUT2D eigenvalue weighted by molar-refractivity contribution is 6.06. The number of hydrogen-bond acceptors (Lipinski definition) is 3. The monoisotopic (exact) mass is 363 g/mol. The summed E-state index contributed by atoms with van der Waals surface area (Å²) in [5.41, 5.74) is 2.26. The Morgan fingerprint density at radius 3 is 2.48 bits per heavy atom. The zero-order valence-corrected chi connectivity index (χ0v) is 15.2. The van der Waals surface area contributed by atoms with Crippen LogP contribution in [0, 0.1) is 0 Å². The van der Waals surface area contributed by atoms with E-state index < -0.39 is 0 Å². The van der Waals surface area contributed by atoms with Crippen molar-refractivity contribution in [2.75, 3.05) is 5.32 Å². The Morgan fingerprint density at radius 1 is 1.07 bits per heavy atom. The number of H-pyrrole nitrogens is 1. The number of carbonyl (C=O) groups is 2. The minimum Gasteiger partial charge on any atom is -0.345 e. The van der Waals surface area contributed by atoms with Gasteiger partial charge < -0.3 is 15.6 Å². The maximum atomic E-state index is 12.7. The number of pyridine rings is 1. The van der Waals surface area contributed by atoms with E-state index in [1.807, 2.05) is 31.2 Å². The van der Waals surface area contributed by atoms with Crippen LogP contribution >= 0.6 is 0 Å². The van der Waals surface area contributed by atoms with Crippen LogP contribution in [0.1, 0.15) is 42.2 Å². The van der Waals surface area contributed by atoms with E-state index in [1.165, 1.54) is 6.07 Å². The zero-order valence-electron chi connectivity index (χ0n) is 15.2. The Labute approximate surface area is 156 Å². The largest absolute Gasteiger partial charge is 0.345 e. The third-order valence-corrected chi connectivity index (χ3v) is 4.36. The standard InChI is InChI=1S/C21H21N3O3/c1-3-19(25)23-15-10-8-14(9-11-15)13(2)22-21(27)17-12-20(26)24-18-7-5-4-6-16(17)18/h4-13H,3H2,1-2H3,(H,22,27)(H,23,25)(H,24,26). The molecule has 6 nitrogen and oxygen atoms in total. The average Bonchev–Trinajstić information content (AvgIpc) is 2.67. The minimum absolute atomic E-state index is 0.0507. The molecule has 0 saturated carbocycles. The van der Waals surface area contributed by atoms with Gasteiger partial charge in [0.05, 0.1) is 11.6 Å². The van der Waals surface area contributed by atoms with Crippen LogP contribution in [0.2, 0.25) is 0 Å². The van der Waals surface area contributed by atoms with Crippen molar-refractivity contribution in [3.63, 3.8) is 0 Å². The number of anilines is 1. The molecule has 138 valence electrons. The molecule has 3 N–H and O–H groups in total. The maximum Gasteiger partial charge on any atom is 0.252 e. The van der Waals surface area contributed by atoms with Crippen LogP contribution < -0.4 is 16.2 Å². The fourth-order valence-electron chi connectivity index (χ4n) is 2.85. The quantitative estimate of drug-likeness (QED) is 0.649. The topological polar surface area (TPSA) is 91.1 Å². The minimum atomic E-state index is -0.317. The number of aromatic amines is 1. The van der Waals surface area contributed by atoms with Crippen molar-refractivity contribution in [3.05, 3.63) is 76.1 Å². The number of nitrogens with one attached hydrogen (secondary N) is 3. The molecule has 0 aliphatic carbocycles. The van der Waals surface area contributed by atoms with Gasteiger partial charge in [0.25, 0.3) is 5.91 Å². The molecule has 2 amide bonds. The third-order valence-electron chi connectivity index (χ3n) is 4.36. The summed E-state index contributed by atoms with van der Waals surface area (Å²) in [7, 11) is 0. The second-order valence-corrected chi connectivity index (χ2v) is 6.31. The summed E-state index contributed by atoms with van der Waals surface area (Å²) in [5, 5.41) is 6.40. The predicted molar refractivity (Wildman–Crippen MR) is 106 cm³/mol. The Bertz CT molecular complexity index is 1040. The van der Waals surface area contributed by atoms with Gasteiger partial charge in [0.15, 0.2) is 0 Å². The molecule has 6 heteroatoms. The number of hydrogen-bond donors (Lipinski definition) is 3. The molecule has 27 heavy (non-hydrogen) atoms. The highest BCUT2D eigenvalue weighted by Crippen LogP contribution is 2.19. The smallest absolute Gasteiger partial charge is 0.252 e. The van der Waals surface area contributed by atoms with E-state index in [4.69, 9.17) is 0 Å². The van der Waals surface area contributed by atoms with Crippen LogP contribution in [0.15, 0.2) is 59.4 Å². The number of fused-ring (bicyclic) bond motifs is 1. The van der Waals surface area contributed by atoms with Crippen LogP contribution in [-0.2, 0) is 4.79 Å². The van der Waals surface area contributed by atoms with E-state index in [0.29, 0.717) is 28.6 Å². The first-order valence-electron chi connectivity index (χ1n) is 8.80. The van der Waals surface area contributed by atoms with Crippen molar-refractivity contribution in [2.24, 2.45) is 0 Å². The van der Waals surface area contributed by atoms with Crippen molar-refractivity contribution < 1.29 is 9.59 Å². The second-order valence-electron chi connectivity index (χ2n) is 6.31. The van der Waals surface area contributed by atoms with Gasteiger partial charge >= 0.3 is 0 Å². The van der Waals surface area contributed by atoms with Gasteiger partial charge in [-0.15, -0.1) is 0 Å². The maximum absolute atomic E-state index is 12.7. The third kappa shape index (κ3) is 4.23. The molecule has 0 bridgehead atoms. The number of carbonyl (C=O) groups excluding carboxylic acids is 2. The molecule has 1 heterocycles. The molecular formula is C21H21N3O3. The first-order chi connectivity index (χ1) is 13.0. The van der Waals surface area contributed by atoms with Crippen molar-refractivity contribution in [3.8, 4) is 0 Å². The summed E-state index contributed by atoms with van der Waals surface area (Å²) < 4.78 is 0. The molecule has 1 unspecified atom stereocenters. The fraction of sp³-hybridized carbons (Fsp3) is 0.190. The molecule has 1 aromatic heterocycles. The molecular weight excluding hydrogens is 342 g/mol. The Balaban J connectivity index is 1.78. The molecule has 1 atom stereocenters. The summed E-state index contributed by atoms with van der Waals surface area (Å²) in [6, 6.07) is 15.6. The molecule has 0 radical (unpaired) electrons. The summed E-state index contributed by atoms with van der Waals surface area (Å²) in [5.74, 6) is -0.363. The average molecular weight is 363 g/mol. The Morgan fingerprint density at radius 2 is 1.78 bits per heavy atom. The van der Waals surface area contributed by atoms with Gasteiger partial charge in [0.2, 0.25) is 11.5 Å². The van der Waals surface area contributed by atoms with Gasteiger partial charge in [-0.3, -0.25) is 14.4 Å². The molecule has 0 fully saturated rings. The van der Waals surface area contributed by atoms with E-state index in [9.17, 15) is 14.4 Å². The van der Waals surface area contributed by atoms with Gasteiger partial charge in [-0.25, -0.2) is 0 Å². The molecule has 3 aromatic rings. The lowest BCUT2D eigenvalue weighted by molar-refractivity contribution is -0.115. The fourth-order valence-corrected chi connectivity index (χ4v) is 2.85. The van der Waals surface area contributed by atoms with Crippen LogP contribution in [0.25, 0.3) is 10.9 Å². The highest BCUT2D eigenvalue weighted by Gasteiger charge is 2.15. The van der Waals surface area contributed by atoms with Crippen molar-refractivity contribution in [2.45, 2.75) is 26.3 Å². The summed E-state index contributed by atoms with van der Waals surface area (Å²) in [6.07, 6.45) is 0.415. The van der Waals surface area contributed by atoms with Crippen LogP contribution in [-0.4, -0.2) is 16.8 Å². The Kier molecular flexibility index (Phi) is 5.35. The van der Waals surface area contributed by atoms with Gasteiger partial charge in [-0.2, -0.15) is 0 Å². The number of benzene rings is 2. The van der Waals surface area contributed by atoms with Crippen LogP contribution in [0.4, 0.5) is 5.69 Å². The lowest BCUT2D eigenvalue weighted by atomic mass is 10.1. The summed E-state index contributed by atoms with van der Waals surface area (Å²) >= 11 is 0. The number of aromatic nitrogens is 1. The zero-order chi connectivity index (χ0) is 19.4. The predicted octanol–water partition coefficient (Wildman–Crippen LogP) is 3.37. The molecule has 0 aliphatic rings. The van der Waals surface area contributed by atoms with E-state index in [0.717, 1.165) is 5.56 Å². The van der Waals surface area contributed by atoms with E-state index >= 15 is 0 Å². The lowest BCUT2D eigenvalue weighted by Gasteiger charge is -2.16. The van der Waals surface area contributed by atoms with Crippen LogP contribution in [0.5, 0.6) is 0 Å². The molecule has 0 aliphatic heterocycles. The van der Waals surface area contributed by atoms with Crippen molar-refractivity contribution in [1.29, 1.82) is 0 Å². The Hall–Kier alpha value is -3.41. The molecule has 2 aromatic carbocycles. The number of amides is 2. The number of rotatable bonds is 5. The first-order valence-corrected chi connectivity index (χ1v) is 8.80. The van der Waals surface area contributed by atoms with Crippen molar-refractivity contribution in [1.82, 2.24) is 10.3 Å². The molecule has 3 rings (SSSR count). The lowest BCUT2D eigenvalue weighted by Crippen LogP contribution is -2.28. The van der Waals surface area contributed by atoms with Crippen LogP contribution in [0.3, 0.4) is 0 Å². The SMILES string of the molecule is CCC(=O)Nc1ccc(C(C)NC(=O)c2cc(=O)[nH]c3ccccc23)cc1. The highest BCUT2D eigenvalue weighted by atomic mass is 16.2. The first kappa shape index (κ1) is 18.4. The van der Waals surface area contributed by atoms with E-state index in [1.54, 1.807) is 31.2 Å². The van der Waals surface area contributed by atoms with Gasteiger partial charge in [-0.1, -0.05) is 37.3 Å². The van der Waals surface area contributed by atoms with E-state index in [-0.39, 0.29) is 23.4 Å². The second kappa shape index (κ2) is 7.86. The summed E-state index contributed by atoms with van der Waals surface area (Å²) in [6.45, 7) is 3.66. The van der Waals surface area contributed by atoms with Gasteiger partial charge in [0.1, 0.15) is 0 Å². The van der Waals surface area contributed by atoms with Gasteiger partial charge in [0, 0.05) is 29.1 Å². The normalized spacial score (nSPS) is 11.8. The number of para-hydroxylation sites is 1.